The first-order valence-corrected chi connectivity index (χ1v) is 6.48. The highest BCUT2D eigenvalue weighted by atomic mass is 16.5. The van der Waals surface area contributed by atoms with Gasteiger partial charge in [-0.1, -0.05) is 6.07 Å². The SMILES string of the molecule is N#CC(COc1ccc2cccnc2c1)NC1CC1. The predicted molar refractivity (Wildman–Crippen MR) is 72.8 cm³/mol. The molecule has 1 aromatic heterocycles. The third-order valence-electron chi connectivity index (χ3n) is 3.16. The summed E-state index contributed by atoms with van der Waals surface area (Å²) < 4.78 is 5.67. The first-order valence-electron chi connectivity index (χ1n) is 6.48. The molecular formula is C15H15N3O. The number of nitrogens with zero attached hydrogens (tertiary/aromatic N) is 2. The summed E-state index contributed by atoms with van der Waals surface area (Å²) in [6, 6.07) is 12.2. The largest absolute Gasteiger partial charge is 0.491 e. The van der Waals surface area contributed by atoms with E-state index in [2.05, 4.69) is 16.4 Å². The quantitative estimate of drug-likeness (QED) is 0.888. The highest BCUT2D eigenvalue weighted by Gasteiger charge is 2.24. The highest BCUT2D eigenvalue weighted by molar-refractivity contribution is 5.79. The van der Waals surface area contributed by atoms with Gasteiger partial charge in [0, 0.05) is 23.7 Å². The average Bonchev–Trinajstić information content (AvgIpc) is 3.27. The van der Waals surface area contributed by atoms with Crippen molar-refractivity contribution in [2.45, 2.75) is 24.9 Å². The lowest BCUT2D eigenvalue weighted by atomic mass is 10.2. The van der Waals surface area contributed by atoms with E-state index >= 15 is 0 Å². The molecule has 4 nitrogen and oxygen atoms in total. The van der Waals surface area contributed by atoms with Gasteiger partial charge in [-0.15, -0.1) is 0 Å². The van der Waals surface area contributed by atoms with Crippen LogP contribution in [0.5, 0.6) is 5.75 Å². The number of benzene rings is 1. The van der Waals surface area contributed by atoms with Crippen LogP contribution in [0.2, 0.25) is 0 Å². The van der Waals surface area contributed by atoms with Crippen molar-refractivity contribution in [3.05, 3.63) is 36.5 Å². The van der Waals surface area contributed by atoms with E-state index in [1.165, 1.54) is 0 Å². The topological polar surface area (TPSA) is 57.9 Å². The second-order valence-electron chi connectivity index (χ2n) is 4.79. The Bertz CT molecular complexity index is 616. The number of ether oxygens (including phenoxy) is 1. The fourth-order valence-corrected chi connectivity index (χ4v) is 1.97. The molecule has 4 heteroatoms. The van der Waals surface area contributed by atoms with Crippen molar-refractivity contribution < 1.29 is 4.74 Å². The molecule has 1 aliphatic rings. The normalized spacial score (nSPS) is 15.9. The van der Waals surface area contributed by atoms with Crippen molar-refractivity contribution in [3.8, 4) is 11.8 Å². The summed E-state index contributed by atoms with van der Waals surface area (Å²) in [5.41, 5.74) is 0.906. The second kappa shape index (κ2) is 5.25. The fraction of sp³-hybridized carbons (Fsp3) is 0.333. The van der Waals surface area contributed by atoms with Crippen molar-refractivity contribution in [1.82, 2.24) is 10.3 Å². The summed E-state index contributed by atoms with van der Waals surface area (Å²) in [5, 5.41) is 13.4. The summed E-state index contributed by atoms with van der Waals surface area (Å²) in [5.74, 6) is 0.754. The van der Waals surface area contributed by atoms with Crippen LogP contribution in [-0.2, 0) is 0 Å². The van der Waals surface area contributed by atoms with Gasteiger partial charge < -0.3 is 4.74 Å². The lowest BCUT2D eigenvalue weighted by molar-refractivity contribution is 0.288. The van der Waals surface area contributed by atoms with Crippen LogP contribution in [0.1, 0.15) is 12.8 Å². The Morgan fingerprint density at radius 1 is 1.42 bits per heavy atom. The van der Waals surface area contributed by atoms with Gasteiger partial charge in [-0.25, -0.2) is 0 Å². The second-order valence-corrected chi connectivity index (χ2v) is 4.79. The van der Waals surface area contributed by atoms with E-state index in [9.17, 15) is 0 Å². The van der Waals surface area contributed by atoms with Gasteiger partial charge in [-0.3, -0.25) is 10.3 Å². The van der Waals surface area contributed by atoms with E-state index in [1.54, 1.807) is 6.20 Å². The Kier molecular flexibility index (Phi) is 3.30. The first kappa shape index (κ1) is 11.9. The summed E-state index contributed by atoms with van der Waals surface area (Å²) >= 11 is 0. The van der Waals surface area contributed by atoms with Crippen LogP contribution in [-0.4, -0.2) is 23.7 Å². The maximum absolute atomic E-state index is 9.05. The van der Waals surface area contributed by atoms with Crippen LogP contribution in [0.15, 0.2) is 36.5 Å². The molecule has 1 aromatic carbocycles. The van der Waals surface area contributed by atoms with Crippen molar-refractivity contribution in [2.75, 3.05) is 6.61 Å². The Labute approximate surface area is 112 Å². The summed E-state index contributed by atoms with van der Waals surface area (Å²) in [7, 11) is 0. The van der Waals surface area contributed by atoms with E-state index in [0.29, 0.717) is 12.6 Å². The molecule has 0 spiro atoms. The van der Waals surface area contributed by atoms with Gasteiger partial charge in [-0.2, -0.15) is 5.26 Å². The van der Waals surface area contributed by atoms with Crippen molar-refractivity contribution in [3.63, 3.8) is 0 Å². The maximum atomic E-state index is 9.05. The van der Waals surface area contributed by atoms with Gasteiger partial charge in [0.15, 0.2) is 0 Å². The average molecular weight is 253 g/mol. The van der Waals surface area contributed by atoms with Gasteiger partial charge in [0.05, 0.1) is 11.6 Å². The Hall–Kier alpha value is -2.12. The molecule has 19 heavy (non-hydrogen) atoms. The van der Waals surface area contributed by atoms with E-state index in [4.69, 9.17) is 10.00 Å². The summed E-state index contributed by atoms with van der Waals surface area (Å²) in [4.78, 5) is 4.29. The molecule has 1 N–H and O–H groups in total. The van der Waals surface area contributed by atoms with Gasteiger partial charge in [0.1, 0.15) is 18.4 Å². The van der Waals surface area contributed by atoms with Gasteiger partial charge in [-0.05, 0) is 31.0 Å². The lowest BCUT2D eigenvalue weighted by Crippen LogP contribution is -2.34. The van der Waals surface area contributed by atoms with Crippen LogP contribution < -0.4 is 10.1 Å². The fourth-order valence-electron chi connectivity index (χ4n) is 1.97. The van der Waals surface area contributed by atoms with Crippen LogP contribution in [0.4, 0.5) is 0 Å². The minimum atomic E-state index is -0.244. The molecule has 0 amide bonds. The van der Waals surface area contributed by atoms with Gasteiger partial charge in [0.25, 0.3) is 0 Å². The molecule has 0 radical (unpaired) electrons. The number of pyridine rings is 1. The molecule has 1 heterocycles. The monoisotopic (exact) mass is 253 g/mol. The molecule has 0 bridgehead atoms. The predicted octanol–water partition coefficient (Wildman–Crippen LogP) is 2.26. The minimum absolute atomic E-state index is 0.244. The van der Waals surface area contributed by atoms with Gasteiger partial charge >= 0.3 is 0 Å². The molecule has 0 aliphatic heterocycles. The van der Waals surface area contributed by atoms with E-state index < -0.39 is 0 Å². The molecule has 1 aliphatic carbocycles. The number of aromatic nitrogens is 1. The molecule has 3 rings (SSSR count). The Morgan fingerprint density at radius 3 is 3.11 bits per heavy atom. The third-order valence-corrected chi connectivity index (χ3v) is 3.16. The third kappa shape index (κ3) is 3.01. The first-order chi connectivity index (χ1) is 9.35. The molecule has 96 valence electrons. The molecule has 0 saturated heterocycles. The Morgan fingerprint density at radius 2 is 2.32 bits per heavy atom. The summed E-state index contributed by atoms with van der Waals surface area (Å²) in [6.07, 6.45) is 4.09. The standard InChI is InChI=1S/C15H15N3O/c16-9-13(18-12-4-5-12)10-19-14-6-3-11-2-1-7-17-15(11)8-14/h1-3,6-8,12-13,18H,4-5,10H2. The number of hydrogen-bond acceptors (Lipinski definition) is 4. The maximum Gasteiger partial charge on any atom is 0.130 e. The molecule has 2 aromatic rings. The zero-order chi connectivity index (χ0) is 13.1. The van der Waals surface area contributed by atoms with Crippen molar-refractivity contribution in [2.24, 2.45) is 0 Å². The molecule has 1 saturated carbocycles. The van der Waals surface area contributed by atoms with Crippen LogP contribution in [0.25, 0.3) is 10.9 Å². The molecule has 1 atom stereocenters. The zero-order valence-corrected chi connectivity index (χ0v) is 10.5. The number of fused-ring (bicyclic) bond motifs is 1. The van der Waals surface area contributed by atoms with Crippen LogP contribution in [0.3, 0.4) is 0 Å². The van der Waals surface area contributed by atoms with Crippen molar-refractivity contribution in [1.29, 1.82) is 5.26 Å². The van der Waals surface area contributed by atoms with Gasteiger partial charge in [0.2, 0.25) is 0 Å². The van der Waals surface area contributed by atoms with E-state index in [0.717, 1.165) is 29.5 Å². The van der Waals surface area contributed by atoms with E-state index in [-0.39, 0.29) is 6.04 Å². The molecule has 1 fully saturated rings. The number of nitrogens with one attached hydrogen (secondary N) is 1. The van der Waals surface area contributed by atoms with Crippen LogP contribution >= 0.6 is 0 Å². The highest BCUT2D eigenvalue weighted by Crippen LogP contribution is 2.21. The number of nitriles is 1. The molecular weight excluding hydrogens is 238 g/mol. The zero-order valence-electron chi connectivity index (χ0n) is 10.5. The lowest BCUT2D eigenvalue weighted by Gasteiger charge is -2.12. The van der Waals surface area contributed by atoms with Crippen LogP contribution in [0, 0.1) is 11.3 Å². The number of rotatable bonds is 5. The van der Waals surface area contributed by atoms with E-state index in [1.807, 2.05) is 30.3 Å². The smallest absolute Gasteiger partial charge is 0.130 e. The minimum Gasteiger partial charge on any atom is -0.491 e. The number of hydrogen-bond donors (Lipinski definition) is 1. The van der Waals surface area contributed by atoms with Crippen molar-refractivity contribution >= 4 is 10.9 Å². The summed E-state index contributed by atoms with van der Waals surface area (Å²) in [6.45, 7) is 0.366. The Balaban J connectivity index is 1.65. The molecule has 1 unspecified atom stereocenters.